The molecule has 0 aliphatic carbocycles. The molecule has 1 rings (SSSR count). The highest BCUT2D eigenvalue weighted by Crippen LogP contribution is 2.31. The van der Waals surface area contributed by atoms with Gasteiger partial charge in [0.25, 0.3) is 0 Å². The first-order chi connectivity index (χ1) is 9.45. The van der Waals surface area contributed by atoms with Gasteiger partial charge in [0.15, 0.2) is 5.82 Å². The molecular formula is C16H29N3O. The van der Waals surface area contributed by atoms with E-state index in [2.05, 4.69) is 39.9 Å². The monoisotopic (exact) mass is 279 g/mol. The van der Waals surface area contributed by atoms with E-state index in [0.29, 0.717) is 5.92 Å². The summed E-state index contributed by atoms with van der Waals surface area (Å²) in [6.45, 7) is 11.5. The Kier molecular flexibility index (Phi) is 6.08. The molecule has 20 heavy (non-hydrogen) atoms. The van der Waals surface area contributed by atoms with E-state index >= 15 is 0 Å². The van der Waals surface area contributed by atoms with Gasteiger partial charge in [0.1, 0.15) is 5.60 Å². The van der Waals surface area contributed by atoms with Crippen LogP contribution in [-0.2, 0) is 10.3 Å². The highest BCUT2D eigenvalue weighted by Gasteiger charge is 2.32. The van der Waals surface area contributed by atoms with Gasteiger partial charge >= 0.3 is 0 Å². The fourth-order valence-corrected chi connectivity index (χ4v) is 3.00. The van der Waals surface area contributed by atoms with Crippen LogP contribution in [0.5, 0.6) is 0 Å². The first-order valence-corrected chi connectivity index (χ1v) is 7.51. The topological polar surface area (TPSA) is 47.0 Å². The van der Waals surface area contributed by atoms with Crippen LogP contribution in [0.3, 0.4) is 0 Å². The Balaban J connectivity index is 3.29. The molecule has 0 bridgehead atoms. The Hall–Kier alpha value is -1.00. The minimum atomic E-state index is -0.361. The van der Waals surface area contributed by atoms with Gasteiger partial charge in [0, 0.05) is 25.0 Å². The molecule has 4 nitrogen and oxygen atoms in total. The first-order valence-electron chi connectivity index (χ1n) is 7.51. The van der Waals surface area contributed by atoms with Crippen molar-refractivity contribution in [2.24, 2.45) is 0 Å². The third kappa shape index (κ3) is 3.18. The second kappa shape index (κ2) is 7.14. The highest BCUT2D eigenvalue weighted by atomic mass is 16.5. The third-order valence-electron chi connectivity index (χ3n) is 4.27. The van der Waals surface area contributed by atoms with Gasteiger partial charge in [-0.3, -0.25) is 0 Å². The molecule has 0 spiro atoms. The van der Waals surface area contributed by atoms with E-state index in [9.17, 15) is 0 Å². The Labute approximate surface area is 123 Å². The standard InChI is InChI=1S/C16H29N3O/c1-8-16(9-2,20-7)15-18-12(4)14(13(5)19-15)11(3)10-17-6/h11,17H,8-10H2,1-7H3. The molecule has 1 heterocycles. The Morgan fingerprint density at radius 1 is 1.15 bits per heavy atom. The largest absolute Gasteiger partial charge is 0.370 e. The number of likely N-dealkylation sites (N-methyl/N-ethyl adjacent to an activating group) is 1. The zero-order valence-corrected chi connectivity index (χ0v) is 14.0. The van der Waals surface area contributed by atoms with Gasteiger partial charge < -0.3 is 10.1 Å². The fourth-order valence-electron chi connectivity index (χ4n) is 3.00. The molecule has 0 saturated heterocycles. The Morgan fingerprint density at radius 3 is 2.00 bits per heavy atom. The molecule has 0 aliphatic rings. The molecule has 0 fully saturated rings. The maximum Gasteiger partial charge on any atom is 0.160 e. The normalized spacial score (nSPS) is 13.6. The lowest BCUT2D eigenvalue weighted by Gasteiger charge is -2.30. The van der Waals surface area contributed by atoms with Crippen molar-refractivity contribution in [3.8, 4) is 0 Å². The van der Waals surface area contributed by atoms with Crippen LogP contribution < -0.4 is 5.32 Å². The number of hydrogen-bond acceptors (Lipinski definition) is 4. The summed E-state index contributed by atoms with van der Waals surface area (Å²) in [7, 11) is 3.72. The molecule has 1 unspecified atom stereocenters. The number of nitrogens with zero attached hydrogens (tertiary/aromatic N) is 2. The molecule has 1 N–H and O–H groups in total. The average molecular weight is 279 g/mol. The maximum atomic E-state index is 5.74. The maximum absolute atomic E-state index is 5.74. The summed E-state index contributed by atoms with van der Waals surface area (Å²) in [5, 5.41) is 3.22. The van der Waals surface area contributed by atoms with Crippen molar-refractivity contribution in [3.63, 3.8) is 0 Å². The minimum absolute atomic E-state index is 0.361. The van der Waals surface area contributed by atoms with Gasteiger partial charge in [-0.15, -0.1) is 0 Å². The lowest BCUT2D eigenvalue weighted by atomic mass is 9.93. The van der Waals surface area contributed by atoms with Gasteiger partial charge in [0.05, 0.1) is 0 Å². The molecule has 4 heteroatoms. The first kappa shape index (κ1) is 17.1. The summed E-state index contributed by atoms with van der Waals surface area (Å²) in [4.78, 5) is 9.52. The molecule has 1 atom stereocenters. The molecule has 1 aromatic rings. The summed E-state index contributed by atoms with van der Waals surface area (Å²) in [6, 6.07) is 0. The van der Waals surface area contributed by atoms with Crippen molar-refractivity contribution in [2.75, 3.05) is 20.7 Å². The number of aromatic nitrogens is 2. The van der Waals surface area contributed by atoms with Gasteiger partial charge in [-0.25, -0.2) is 9.97 Å². The summed E-state index contributed by atoms with van der Waals surface area (Å²) in [5.74, 6) is 1.23. The number of rotatable bonds is 7. The number of hydrogen-bond donors (Lipinski definition) is 1. The highest BCUT2D eigenvalue weighted by molar-refractivity contribution is 5.29. The second-order valence-corrected chi connectivity index (χ2v) is 5.50. The molecule has 0 aromatic carbocycles. The van der Waals surface area contributed by atoms with Crippen molar-refractivity contribution >= 4 is 0 Å². The van der Waals surface area contributed by atoms with E-state index in [0.717, 1.165) is 36.6 Å². The molecule has 0 radical (unpaired) electrons. The van der Waals surface area contributed by atoms with E-state index in [1.807, 2.05) is 7.05 Å². The molecular weight excluding hydrogens is 250 g/mol. The van der Waals surface area contributed by atoms with Gasteiger partial charge in [-0.1, -0.05) is 20.8 Å². The molecule has 0 amide bonds. The van der Waals surface area contributed by atoms with E-state index < -0.39 is 0 Å². The van der Waals surface area contributed by atoms with Crippen LogP contribution in [0, 0.1) is 13.8 Å². The van der Waals surface area contributed by atoms with Crippen molar-refractivity contribution in [3.05, 3.63) is 22.8 Å². The number of aryl methyl sites for hydroxylation is 2. The average Bonchev–Trinajstić information content (AvgIpc) is 2.41. The van der Waals surface area contributed by atoms with Crippen molar-refractivity contribution < 1.29 is 4.74 Å². The zero-order valence-electron chi connectivity index (χ0n) is 14.0. The van der Waals surface area contributed by atoms with Gasteiger partial charge in [0.2, 0.25) is 0 Å². The van der Waals surface area contributed by atoms with Gasteiger partial charge in [-0.05, 0) is 45.2 Å². The predicted molar refractivity (Wildman–Crippen MR) is 83.1 cm³/mol. The van der Waals surface area contributed by atoms with Gasteiger partial charge in [-0.2, -0.15) is 0 Å². The minimum Gasteiger partial charge on any atom is -0.370 e. The zero-order chi connectivity index (χ0) is 15.3. The Bertz CT molecular complexity index is 410. The lowest BCUT2D eigenvalue weighted by molar-refractivity contribution is -0.0294. The number of methoxy groups -OCH3 is 1. The molecule has 0 aliphatic heterocycles. The van der Waals surface area contributed by atoms with Crippen LogP contribution in [0.4, 0.5) is 0 Å². The van der Waals surface area contributed by atoms with Crippen LogP contribution in [-0.4, -0.2) is 30.7 Å². The molecule has 1 aromatic heterocycles. The van der Waals surface area contributed by atoms with Crippen LogP contribution in [0.25, 0.3) is 0 Å². The summed E-state index contributed by atoms with van der Waals surface area (Å²) in [6.07, 6.45) is 1.76. The third-order valence-corrected chi connectivity index (χ3v) is 4.27. The number of ether oxygens (including phenoxy) is 1. The lowest BCUT2D eigenvalue weighted by Crippen LogP contribution is -2.31. The fraction of sp³-hybridized carbons (Fsp3) is 0.750. The summed E-state index contributed by atoms with van der Waals surface area (Å²) < 4.78 is 5.74. The smallest absolute Gasteiger partial charge is 0.160 e. The van der Waals surface area contributed by atoms with E-state index in [4.69, 9.17) is 14.7 Å². The van der Waals surface area contributed by atoms with E-state index in [1.54, 1.807) is 7.11 Å². The van der Waals surface area contributed by atoms with Crippen LogP contribution in [0.15, 0.2) is 0 Å². The van der Waals surface area contributed by atoms with Crippen molar-refractivity contribution in [1.82, 2.24) is 15.3 Å². The van der Waals surface area contributed by atoms with E-state index in [1.165, 1.54) is 5.56 Å². The van der Waals surface area contributed by atoms with Crippen LogP contribution in [0.1, 0.15) is 62.3 Å². The van der Waals surface area contributed by atoms with Crippen molar-refractivity contribution in [2.45, 2.75) is 59.0 Å². The van der Waals surface area contributed by atoms with E-state index in [-0.39, 0.29) is 5.60 Å². The number of nitrogens with one attached hydrogen (secondary N) is 1. The quantitative estimate of drug-likeness (QED) is 0.833. The molecule has 0 saturated carbocycles. The molecule has 114 valence electrons. The SMILES string of the molecule is CCC(CC)(OC)c1nc(C)c(C(C)CNC)c(C)n1. The predicted octanol–water partition coefficient (Wildman–Crippen LogP) is 3.08. The Morgan fingerprint density at radius 2 is 1.65 bits per heavy atom. The van der Waals surface area contributed by atoms with Crippen LogP contribution >= 0.6 is 0 Å². The summed E-state index contributed by atoms with van der Waals surface area (Å²) >= 11 is 0. The van der Waals surface area contributed by atoms with Crippen LogP contribution in [0.2, 0.25) is 0 Å². The van der Waals surface area contributed by atoms with Crippen molar-refractivity contribution in [1.29, 1.82) is 0 Å². The summed E-state index contributed by atoms with van der Waals surface area (Å²) in [5.41, 5.74) is 3.03. The second-order valence-electron chi connectivity index (χ2n) is 5.50.